The van der Waals surface area contributed by atoms with Crippen LogP contribution >= 0.6 is 23.4 Å². The molecule has 0 unspecified atom stereocenters. The van der Waals surface area contributed by atoms with Gasteiger partial charge in [-0.25, -0.2) is 4.98 Å². The third kappa shape index (κ3) is 3.34. The van der Waals surface area contributed by atoms with Gasteiger partial charge in [-0.2, -0.15) is 9.37 Å². The van der Waals surface area contributed by atoms with Gasteiger partial charge in [0, 0.05) is 10.5 Å². The highest BCUT2D eigenvalue weighted by Crippen LogP contribution is 2.40. The molecule has 0 fully saturated rings. The van der Waals surface area contributed by atoms with Gasteiger partial charge in [0.05, 0.1) is 11.1 Å². The Morgan fingerprint density at radius 3 is 2.85 bits per heavy atom. The fraction of sp³-hybridized carbons (Fsp3) is 0. The number of ether oxygens (including phenoxy) is 1. The maximum Gasteiger partial charge on any atom is 0.260 e. The number of hydrogen-bond acceptors (Lipinski definition) is 5. The van der Waals surface area contributed by atoms with E-state index in [1.54, 1.807) is 24.3 Å². The number of ketones is 1. The Labute approximate surface area is 157 Å². The third-order valence-corrected chi connectivity index (χ3v) is 4.91. The molecular weight excluding hydrogens is 375 g/mol. The van der Waals surface area contributed by atoms with Crippen molar-refractivity contribution in [1.29, 1.82) is 0 Å². The number of carbonyl (C=O) groups is 1. The SMILES string of the molecule is O=C1/C(=C/c2cccc(Oc3nc(Cl)ncc3F)c2)Sc2ccccc21. The lowest BCUT2D eigenvalue weighted by Gasteiger charge is -2.06. The van der Waals surface area contributed by atoms with Crippen molar-refractivity contribution in [2.75, 3.05) is 0 Å². The molecular formula is C19H10ClFN2O2S. The first-order valence-electron chi connectivity index (χ1n) is 7.59. The summed E-state index contributed by atoms with van der Waals surface area (Å²) in [6.07, 6.45) is 2.73. The maximum absolute atomic E-state index is 13.7. The van der Waals surface area contributed by atoms with Gasteiger partial charge in [-0.1, -0.05) is 36.0 Å². The quantitative estimate of drug-likeness (QED) is 0.447. The van der Waals surface area contributed by atoms with E-state index < -0.39 is 5.82 Å². The molecule has 2 heterocycles. The predicted octanol–water partition coefficient (Wildman–Crippen LogP) is 5.39. The monoisotopic (exact) mass is 384 g/mol. The average molecular weight is 385 g/mol. The number of rotatable bonds is 3. The highest BCUT2D eigenvalue weighted by molar-refractivity contribution is 8.04. The van der Waals surface area contributed by atoms with Gasteiger partial charge in [0.1, 0.15) is 5.75 Å². The minimum Gasteiger partial charge on any atom is -0.436 e. The Balaban J connectivity index is 1.61. The van der Waals surface area contributed by atoms with Crippen molar-refractivity contribution in [3.8, 4) is 11.6 Å². The van der Waals surface area contributed by atoms with Crippen LogP contribution in [0.5, 0.6) is 11.6 Å². The standard InChI is InChI=1S/C19H10ClFN2O2S/c20-19-22-10-14(21)18(23-19)25-12-5-3-4-11(8-12)9-16-17(24)13-6-1-2-7-15(13)26-16/h1-10H/b16-9-. The van der Waals surface area contributed by atoms with Crippen molar-refractivity contribution in [2.45, 2.75) is 4.90 Å². The Morgan fingerprint density at radius 1 is 1.15 bits per heavy atom. The largest absolute Gasteiger partial charge is 0.436 e. The first-order valence-corrected chi connectivity index (χ1v) is 8.79. The lowest BCUT2D eigenvalue weighted by molar-refractivity contribution is 0.104. The van der Waals surface area contributed by atoms with Crippen LogP contribution in [0.15, 0.2) is 64.5 Å². The molecule has 1 aliphatic heterocycles. The summed E-state index contributed by atoms with van der Waals surface area (Å²) in [7, 11) is 0. The number of nitrogens with zero attached hydrogens (tertiary/aromatic N) is 2. The van der Waals surface area contributed by atoms with E-state index in [4.69, 9.17) is 16.3 Å². The van der Waals surface area contributed by atoms with E-state index in [-0.39, 0.29) is 16.9 Å². The van der Waals surface area contributed by atoms with Gasteiger partial charge in [-0.15, -0.1) is 0 Å². The highest BCUT2D eigenvalue weighted by Gasteiger charge is 2.25. The van der Waals surface area contributed by atoms with E-state index in [0.29, 0.717) is 16.2 Å². The molecule has 0 spiro atoms. The van der Waals surface area contributed by atoms with Crippen molar-refractivity contribution in [3.05, 3.63) is 81.9 Å². The van der Waals surface area contributed by atoms with Gasteiger partial charge >= 0.3 is 0 Å². The maximum atomic E-state index is 13.7. The van der Waals surface area contributed by atoms with E-state index in [0.717, 1.165) is 16.7 Å². The van der Waals surface area contributed by atoms with Crippen molar-refractivity contribution in [1.82, 2.24) is 9.97 Å². The molecule has 0 saturated carbocycles. The summed E-state index contributed by atoms with van der Waals surface area (Å²) in [5.41, 5.74) is 1.46. The van der Waals surface area contributed by atoms with Crippen LogP contribution in [0.3, 0.4) is 0 Å². The van der Waals surface area contributed by atoms with Crippen LogP contribution in [0.4, 0.5) is 4.39 Å². The van der Waals surface area contributed by atoms with E-state index in [9.17, 15) is 9.18 Å². The summed E-state index contributed by atoms with van der Waals surface area (Å²) in [4.78, 5) is 21.3. The minimum atomic E-state index is -0.713. The molecule has 0 bridgehead atoms. The normalized spacial score (nSPS) is 14.5. The molecule has 26 heavy (non-hydrogen) atoms. The number of halogens is 2. The summed E-state index contributed by atoms with van der Waals surface area (Å²) in [6, 6.07) is 14.4. The first-order chi connectivity index (χ1) is 12.6. The van der Waals surface area contributed by atoms with Crippen LogP contribution in [-0.4, -0.2) is 15.8 Å². The van der Waals surface area contributed by atoms with Crippen LogP contribution in [0.2, 0.25) is 5.28 Å². The fourth-order valence-corrected chi connectivity index (χ4v) is 3.65. The van der Waals surface area contributed by atoms with Crippen LogP contribution in [0.25, 0.3) is 6.08 Å². The molecule has 0 amide bonds. The van der Waals surface area contributed by atoms with Gasteiger partial charge in [-0.3, -0.25) is 4.79 Å². The van der Waals surface area contributed by atoms with Crippen LogP contribution < -0.4 is 4.74 Å². The number of thioether (sulfide) groups is 1. The highest BCUT2D eigenvalue weighted by atomic mass is 35.5. The van der Waals surface area contributed by atoms with Gasteiger partial charge in [0.25, 0.3) is 5.88 Å². The molecule has 0 N–H and O–H groups in total. The zero-order chi connectivity index (χ0) is 18.1. The third-order valence-electron chi connectivity index (χ3n) is 3.63. The molecule has 3 aromatic rings. The number of aromatic nitrogens is 2. The van der Waals surface area contributed by atoms with Crippen LogP contribution in [-0.2, 0) is 0 Å². The molecule has 0 aliphatic carbocycles. The number of hydrogen-bond donors (Lipinski definition) is 0. The van der Waals surface area contributed by atoms with Crippen LogP contribution in [0.1, 0.15) is 15.9 Å². The summed E-state index contributed by atoms with van der Waals surface area (Å²) in [6.45, 7) is 0. The molecule has 1 aromatic heterocycles. The Hall–Kier alpha value is -2.70. The van der Waals surface area contributed by atoms with Gasteiger partial charge in [-0.05, 0) is 47.5 Å². The molecule has 4 rings (SSSR count). The van der Waals surface area contributed by atoms with E-state index in [1.807, 2.05) is 30.3 Å². The number of Topliss-reactive ketones (excluding diaryl/α,β-unsaturated/α-hetero) is 1. The van der Waals surface area contributed by atoms with E-state index in [2.05, 4.69) is 9.97 Å². The molecule has 4 nitrogen and oxygen atoms in total. The molecule has 0 saturated heterocycles. The lowest BCUT2D eigenvalue weighted by atomic mass is 10.1. The second-order valence-electron chi connectivity index (χ2n) is 5.40. The molecule has 0 atom stereocenters. The number of benzene rings is 2. The van der Waals surface area contributed by atoms with Crippen molar-refractivity contribution >= 4 is 35.2 Å². The molecule has 0 radical (unpaired) electrons. The topological polar surface area (TPSA) is 52.1 Å². The van der Waals surface area contributed by atoms with E-state index >= 15 is 0 Å². The zero-order valence-corrected chi connectivity index (χ0v) is 14.7. The minimum absolute atomic E-state index is 0.00875. The van der Waals surface area contributed by atoms with Gasteiger partial charge in [0.15, 0.2) is 0 Å². The summed E-state index contributed by atoms with van der Waals surface area (Å²) < 4.78 is 19.2. The number of fused-ring (bicyclic) bond motifs is 1. The van der Waals surface area contributed by atoms with Crippen molar-refractivity contribution in [3.63, 3.8) is 0 Å². The zero-order valence-electron chi connectivity index (χ0n) is 13.1. The summed E-state index contributed by atoms with van der Waals surface area (Å²) in [5, 5.41) is -0.106. The fourth-order valence-electron chi connectivity index (χ4n) is 2.47. The average Bonchev–Trinajstić information content (AvgIpc) is 2.95. The number of allylic oxidation sites excluding steroid dienone is 1. The number of carbonyl (C=O) groups excluding carboxylic acids is 1. The Morgan fingerprint density at radius 2 is 2.00 bits per heavy atom. The Bertz CT molecular complexity index is 1060. The van der Waals surface area contributed by atoms with Crippen molar-refractivity contribution < 1.29 is 13.9 Å². The molecule has 1 aliphatic rings. The molecule has 2 aromatic carbocycles. The smallest absolute Gasteiger partial charge is 0.260 e. The predicted molar refractivity (Wildman–Crippen MR) is 98.1 cm³/mol. The Kier molecular flexibility index (Phi) is 4.44. The molecule has 128 valence electrons. The summed E-state index contributed by atoms with van der Waals surface area (Å²) >= 11 is 7.10. The van der Waals surface area contributed by atoms with Crippen molar-refractivity contribution in [2.24, 2.45) is 0 Å². The second kappa shape index (κ2) is 6.90. The first kappa shape index (κ1) is 16.8. The van der Waals surface area contributed by atoms with Gasteiger partial charge < -0.3 is 4.74 Å². The molecule has 7 heteroatoms. The van der Waals surface area contributed by atoms with Crippen LogP contribution in [0, 0.1) is 5.82 Å². The van der Waals surface area contributed by atoms with E-state index in [1.165, 1.54) is 11.8 Å². The summed E-state index contributed by atoms with van der Waals surface area (Å²) in [5.74, 6) is -0.602. The second-order valence-corrected chi connectivity index (χ2v) is 6.82. The van der Waals surface area contributed by atoms with Gasteiger partial charge in [0.2, 0.25) is 16.9 Å². The lowest BCUT2D eigenvalue weighted by Crippen LogP contribution is -1.95.